The average molecular weight is 296 g/mol. The van der Waals surface area contributed by atoms with Gasteiger partial charge in [-0.1, -0.05) is 35.3 Å². The number of pyridine rings is 1. The summed E-state index contributed by atoms with van der Waals surface area (Å²) in [5, 5.41) is 3.63. The van der Waals surface area contributed by atoms with E-state index in [0.29, 0.717) is 17.1 Å². The highest BCUT2D eigenvalue weighted by molar-refractivity contribution is 6.30. The van der Waals surface area contributed by atoms with Gasteiger partial charge in [0.1, 0.15) is 5.15 Å². The quantitative estimate of drug-likeness (QED) is 0.856. The van der Waals surface area contributed by atoms with Crippen LogP contribution in [-0.4, -0.2) is 10.9 Å². The molecule has 1 aromatic heterocycles. The van der Waals surface area contributed by atoms with Crippen molar-refractivity contribution in [3.05, 3.63) is 57.8 Å². The van der Waals surface area contributed by atoms with E-state index in [1.165, 1.54) is 12.3 Å². The van der Waals surface area contributed by atoms with E-state index in [2.05, 4.69) is 10.3 Å². The van der Waals surface area contributed by atoms with Gasteiger partial charge in [-0.25, -0.2) is 4.98 Å². The predicted molar refractivity (Wildman–Crippen MR) is 76.3 cm³/mol. The summed E-state index contributed by atoms with van der Waals surface area (Å²) in [5.74, 6) is -0.295. The van der Waals surface area contributed by atoms with Crippen molar-refractivity contribution in [1.29, 1.82) is 0 Å². The molecule has 4 nitrogen and oxygen atoms in total. The van der Waals surface area contributed by atoms with Crippen molar-refractivity contribution in [3.63, 3.8) is 0 Å². The van der Waals surface area contributed by atoms with E-state index >= 15 is 0 Å². The fourth-order valence-electron chi connectivity index (χ4n) is 1.52. The highest BCUT2D eigenvalue weighted by Gasteiger charge is 2.10. The number of halogens is 2. The molecule has 0 radical (unpaired) electrons. The lowest BCUT2D eigenvalue weighted by Crippen LogP contribution is -2.23. The number of carbonyl (C=O) groups is 1. The molecule has 0 saturated heterocycles. The lowest BCUT2D eigenvalue weighted by atomic mass is 10.2. The molecule has 0 unspecified atom stereocenters. The van der Waals surface area contributed by atoms with Gasteiger partial charge in [0, 0.05) is 11.6 Å². The minimum Gasteiger partial charge on any atom is -0.397 e. The Labute approximate surface area is 120 Å². The van der Waals surface area contributed by atoms with Gasteiger partial charge in [-0.2, -0.15) is 0 Å². The fraction of sp³-hybridized carbons (Fsp3) is 0.0769. The summed E-state index contributed by atoms with van der Waals surface area (Å²) in [4.78, 5) is 15.7. The third-order valence-electron chi connectivity index (χ3n) is 2.51. The van der Waals surface area contributed by atoms with Crippen LogP contribution < -0.4 is 11.1 Å². The molecule has 0 fully saturated rings. The molecule has 6 heteroatoms. The lowest BCUT2D eigenvalue weighted by molar-refractivity contribution is 0.0951. The summed E-state index contributed by atoms with van der Waals surface area (Å²) in [6, 6.07) is 8.65. The zero-order chi connectivity index (χ0) is 13.8. The van der Waals surface area contributed by atoms with Crippen LogP contribution >= 0.6 is 23.2 Å². The van der Waals surface area contributed by atoms with Gasteiger partial charge < -0.3 is 11.1 Å². The third-order valence-corrected chi connectivity index (χ3v) is 2.97. The zero-order valence-corrected chi connectivity index (χ0v) is 11.4. The number of hydrogen-bond acceptors (Lipinski definition) is 3. The molecule has 0 aliphatic heterocycles. The highest BCUT2D eigenvalue weighted by Crippen LogP contribution is 2.15. The summed E-state index contributed by atoms with van der Waals surface area (Å²) in [7, 11) is 0. The summed E-state index contributed by atoms with van der Waals surface area (Å²) in [6.07, 6.45) is 1.36. The smallest absolute Gasteiger partial charge is 0.253 e. The van der Waals surface area contributed by atoms with E-state index in [4.69, 9.17) is 28.9 Å². The molecule has 0 aliphatic carbocycles. The minimum absolute atomic E-state index is 0.228. The van der Waals surface area contributed by atoms with Gasteiger partial charge in [-0.05, 0) is 23.8 Å². The van der Waals surface area contributed by atoms with Crippen LogP contribution in [0.3, 0.4) is 0 Å². The molecule has 2 aromatic rings. The largest absolute Gasteiger partial charge is 0.397 e. The number of nitrogens with one attached hydrogen (secondary N) is 1. The second-order valence-corrected chi connectivity index (χ2v) is 4.73. The van der Waals surface area contributed by atoms with E-state index in [1.807, 2.05) is 12.1 Å². The topological polar surface area (TPSA) is 68.0 Å². The zero-order valence-electron chi connectivity index (χ0n) is 9.86. The van der Waals surface area contributed by atoms with Crippen LogP contribution in [0.25, 0.3) is 0 Å². The SMILES string of the molecule is Nc1cnc(Cl)cc1C(=O)NCc1ccc(Cl)cc1. The molecule has 98 valence electrons. The van der Waals surface area contributed by atoms with E-state index in [-0.39, 0.29) is 16.7 Å². The molecular formula is C13H11Cl2N3O. The van der Waals surface area contributed by atoms with Gasteiger partial charge in [0.2, 0.25) is 0 Å². The predicted octanol–water partition coefficient (Wildman–Crippen LogP) is 2.90. The number of aromatic nitrogens is 1. The lowest BCUT2D eigenvalue weighted by Gasteiger charge is -2.07. The Morgan fingerprint density at radius 1 is 1.26 bits per heavy atom. The Morgan fingerprint density at radius 2 is 1.95 bits per heavy atom. The van der Waals surface area contributed by atoms with E-state index in [9.17, 15) is 4.79 Å². The summed E-state index contributed by atoms with van der Waals surface area (Å²) in [6.45, 7) is 0.384. The fourth-order valence-corrected chi connectivity index (χ4v) is 1.80. The molecule has 0 spiro atoms. The third kappa shape index (κ3) is 3.59. The van der Waals surface area contributed by atoms with Crippen molar-refractivity contribution >= 4 is 34.8 Å². The van der Waals surface area contributed by atoms with Crippen molar-refractivity contribution < 1.29 is 4.79 Å². The highest BCUT2D eigenvalue weighted by atomic mass is 35.5. The van der Waals surface area contributed by atoms with Crippen LogP contribution in [-0.2, 0) is 6.54 Å². The van der Waals surface area contributed by atoms with E-state index in [0.717, 1.165) is 5.56 Å². The number of benzene rings is 1. The Morgan fingerprint density at radius 3 is 2.63 bits per heavy atom. The summed E-state index contributed by atoms with van der Waals surface area (Å²) < 4.78 is 0. The Hall–Kier alpha value is -1.78. The first-order valence-corrected chi connectivity index (χ1v) is 6.25. The molecule has 0 aliphatic rings. The van der Waals surface area contributed by atoms with Crippen LogP contribution in [0.15, 0.2) is 36.5 Å². The number of hydrogen-bond donors (Lipinski definition) is 2. The van der Waals surface area contributed by atoms with Crippen LogP contribution in [0, 0.1) is 0 Å². The number of rotatable bonds is 3. The van der Waals surface area contributed by atoms with Gasteiger partial charge in [0.25, 0.3) is 5.91 Å². The number of carbonyl (C=O) groups excluding carboxylic acids is 1. The maximum atomic E-state index is 12.0. The first-order chi connectivity index (χ1) is 9.06. The van der Waals surface area contributed by atoms with Gasteiger partial charge in [-0.3, -0.25) is 4.79 Å². The Kier molecular flexibility index (Phi) is 4.24. The van der Waals surface area contributed by atoms with Crippen LogP contribution in [0.5, 0.6) is 0 Å². The van der Waals surface area contributed by atoms with Crippen molar-refractivity contribution in [2.24, 2.45) is 0 Å². The van der Waals surface area contributed by atoms with E-state index < -0.39 is 0 Å². The number of nitrogens with zero attached hydrogens (tertiary/aromatic N) is 1. The maximum absolute atomic E-state index is 12.0. The van der Waals surface area contributed by atoms with Crippen molar-refractivity contribution in [2.45, 2.75) is 6.54 Å². The second kappa shape index (κ2) is 5.91. The summed E-state index contributed by atoms with van der Waals surface area (Å²) in [5.41, 5.74) is 7.22. The first-order valence-electron chi connectivity index (χ1n) is 5.50. The molecule has 19 heavy (non-hydrogen) atoms. The number of nitrogens with two attached hydrogens (primary N) is 1. The van der Waals surface area contributed by atoms with Crippen molar-refractivity contribution in [3.8, 4) is 0 Å². The van der Waals surface area contributed by atoms with Crippen molar-refractivity contribution in [1.82, 2.24) is 10.3 Å². The Bertz CT molecular complexity index is 599. The maximum Gasteiger partial charge on any atom is 0.253 e. The average Bonchev–Trinajstić information content (AvgIpc) is 2.40. The number of amides is 1. The van der Waals surface area contributed by atoms with Crippen molar-refractivity contribution in [2.75, 3.05) is 5.73 Å². The molecule has 2 rings (SSSR count). The number of nitrogen functional groups attached to an aromatic ring is 1. The molecule has 0 bridgehead atoms. The Balaban J connectivity index is 2.05. The summed E-state index contributed by atoms with van der Waals surface area (Å²) >= 11 is 11.5. The van der Waals surface area contributed by atoms with E-state index in [1.54, 1.807) is 12.1 Å². The monoisotopic (exact) mass is 295 g/mol. The van der Waals surface area contributed by atoms with Gasteiger partial charge in [0.05, 0.1) is 17.4 Å². The van der Waals surface area contributed by atoms with Gasteiger partial charge in [-0.15, -0.1) is 0 Å². The molecule has 1 aromatic carbocycles. The van der Waals surface area contributed by atoms with Gasteiger partial charge >= 0.3 is 0 Å². The molecule has 0 saturated carbocycles. The van der Waals surface area contributed by atoms with Gasteiger partial charge in [0.15, 0.2) is 0 Å². The standard InChI is InChI=1S/C13H11Cl2N3O/c14-9-3-1-8(2-4-9)6-18-13(19)10-5-12(15)17-7-11(10)16/h1-5,7H,6,16H2,(H,18,19). The van der Waals surface area contributed by atoms with Crippen LogP contribution in [0.1, 0.15) is 15.9 Å². The van der Waals surface area contributed by atoms with Crippen LogP contribution in [0.2, 0.25) is 10.2 Å². The van der Waals surface area contributed by atoms with Crippen LogP contribution in [0.4, 0.5) is 5.69 Å². The minimum atomic E-state index is -0.295. The molecule has 1 heterocycles. The second-order valence-electron chi connectivity index (χ2n) is 3.90. The molecule has 1 amide bonds. The normalized spacial score (nSPS) is 10.2. The first kappa shape index (κ1) is 13.6. The molecule has 3 N–H and O–H groups in total. The molecule has 0 atom stereocenters. The number of anilines is 1. The molecular weight excluding hydrogens is 285 g/mol.